The first-order chi connectivity index (χ1) is 16.1. The van der Waals surface area contributed by atoms with E-state index in [9.17, 15) is 9.59 Å². The number of rotatable bonds is 5. The van der Waals surface area contributed by atoms with Crippen molar-refractivity contribution in [3.63, 3.8) is 0 Å². The van der Waals surface area contributed by atoms with Crippen LogP contribution in [0, 0.1) is 12.3 Å². The maximum atomic E-state index is 12.5. The van der Waals surface area contributed by atoms with E-state index < -0.39 is 11.4 Å². The highest BCUT2D eigenvalue weighted by atomic mass is 16.4. The number of carbonyl (C=O) groups excluding carboxylic acids is 1. The molecule has 0 fully saturated rings. The fourth-order valence-corrected chi connectivity index (χ4v) is 3.37. The maximum absolute atomic E-state index is 12.5. The van der Waals surface area contributed by atoms with E-state index in [1.54, 1.807) is 10.6 Å². The predicted octanol–water partition coefficient (Wildman–Crippen LogP) is 5.45. The number of nitrogens with one attached hydrogen (secondary N) is 1. The molecular formula is C27H26N4O3. The topological polar surface area (TPSA) is 96.6 Å². The molecule has 1 amide bonds. The molecule has 0 atom stereocenters. The van der Waals surface area contributed by atoms with Crippen LogP contribution in [-0.4, -0.2) is 31.6 Å². The number of nitrogens with zero attached hydrogens (tertiary/aromatic N) is 3. The van der Waals surface area contributed by atoms with Gasteiger partial charge in [0.15, 0.2) is 5.65 Å². The van der Waals surface area contributed by atoms with E-state index in [1.165, 1.54) is 0 Å². The number of carboxylic acid groups (broad SMARTS) is 1. The quantitative estimate of drug-likeness (QED) is 0.391. The van der Waals surface area contributed by atoms with Crippen molar-refractivity contribution < 1.29 is 14.7 Å². The molecule has 0 radical (unpaired) electrons. The lowest BCUT2D eigenvalue weighted by atomic mass is 9.95. The van der Waals surface area contributed by atoms with Gasteiger partial charge in [0, 0.05) is 28.3 Å². The van der Waals surface area contributed by atoms with E-state index in [4.69, 9.17) is 15.2 Å². The molecular weight excluding hydrogens is 428 g/mol. The van der Waals surface area contributed by atoms with Crippen molar-refractivity contribution in [1.82, 2.24) is 14.6 Å². The van der Waals surface area contributed by atoms with Crippen LogP contribution in [0.5, 0.6) is 0 Å². The highest BCUT2D eigenvalue weighted by Gasteiger charge is 2.22. The average Bonchev–Trinajstić information content (AvgIpc) is 3.22. The number of hydrogen-bond acceptors (Lipinski definition) is 4. The minimum absolute atomic E-state index is 0.0468. The third-order valence-corrected chi connectivity index (χ3v) is 5.38. The standard InChI is InChI=1S/C27H26N4O3/c1-17-8-10-20(15-22(17)29-26(34)27(2,3)4)23-16-31-24(28-23)12-11-21(30-31)19-7-5-6-18(14-19)9-13-25(32)33/h5-16H,1-4H3,(H,29,34)(H,32,33). The highest BCUT2D eigenvalue weighted by Crippen LogP contribution is 2.27. The van der Waals surface area contributed by atoms with E-state index in [1.807, 2.05) is 88.5 Å². The van der Waals surface area contributed by atoms with E-state index in [-0.39, 0.29) is 5.91 Å². The Morgan fingerprint density at radius 2 is 1.76 bits per heavy atom. The number of amides is 1. The molecule has 2 aromatic carbocycles. The van der Waals surface area contributed by atoms with Crippen LogP contribution in [0.1, 0.15) is 31.9 Å². The SMILES string of the molecule is Cc1ccc(-c2cn3nc(-c4cccc(C=CC(=O)O)c4)ccc3n2)cc1NC(=O)C(C)(C)C. The lowest BCUT2D eigenvalue weighted by Crippen LogP contribution is -2.27. The van der Waals surface area contributed by atoms with E-state index in [2.05, 4.69) is 5.32 Å². The fraction of sp³-hybridized carbons (Fsp3) is 0.185. The van der Waals surface area contributed by atoms with Crippen LogP contribution < -0.4 is 5.32 Å². The van der Waals surface area contributed by atoms with Crippen LogP contribution in [0.25, 0.3) is 34.2 Å². The van der Waals surface area contributed by atoms with Crippen LogP contribution in [-0.2, 0) is 9.59 Å². The summed E-state index contributed by atoms with van der Waals surface area (Å²) in [5.74, 6) is -1.04. The Kier molecular flexibility index (Phi) is 6.03. The van der Waals surface area contributed by atoms with Crippen LogP contribution in [0.2, 0.25) is 0 Å². The number of aliphatic carboxylic acids is 1. The Labute approximate surface area is 197 Å². The number of imidazole rings is 1. The molecule has 0 spiro atoms. The van der Waals surface area contributed by atoms with Gasteiger partial charge in [-0.15, -0.1) is 0 Å². The van der Waals surface area contributed by atoms with Crippen LogP contribution in [0.3, 0.4) is 0 Å². The number of carboxylic acids is 1. The van der Waals surface area contributed by atoms with Gasteiger partial charge < -0.3 is 10.4 Å². The zero-order valence-electron chi connectivity index (χ0n) is 19.5. The summed E-state index contributed by atoms with van der Waals surface area (Å²) in [6.45, 7) is 7.60. The Morgan fingerprint density at radius 1 is 1.00 bits per heavy atom. The normalized spacial score (nSPS) is 11.8. The predicted molar refractivity (Wildman–Crippen MR) is 133 cm³/mol. The molecule has 0 aliphatic heterocycles. The first-order valence-corrected chi connectivity index (χ1v) is 10.9. The molecule has 0 aliphatic carbocycles. The van der Waals surface area contributed by atoms with Crippen molar-refractivity contribution in [2.45, 2.75) is 27.7 Å². The molecule has 2 N–H and O–H groups in total. The Hall–Kier alpha value is -4.26. The second-order valence-electron chi connectivity index (χ2n) is 9.18. The van der Waals surface area contributed by atoms with Gasteiger partial charge in [-0.2, -0.15) is 5.10 Å². The molecule has 7 heteroatoms. The summed E-state index contributed by atoms with van der Waals surface area (Å²) >= 11 is 0. The third kappa shape index (κ3) is 5.04. The number of carbonyl (C=O) groups is 2. The molecule has 4 aromatic rings. The summed E-state index contributed by atoms with van der Waals surface area (Å²) in [4.78, 5) is 28.0. The summed E-state index contributed by atoms with van der Waals surface area (Å²) in [6, 6.07) is 17.2. The molecule has 172 valence electrons. The smallest absolute Gasteiger partial charge is 0.328 e. The third-order valence-electron chi connectivity index (χ3n) is 5.38. The van der Waals surface area contributed by atoms with Crippen molar-refractivity contribution in [3.05, 3.63) is 78.0 Å². The molecule has 0 saturated heterocycles. The van der Waals surface area contributed by atoms with Crippen molar-refractivity contribution >= 4 is 29.3 Å². The van der Waals surface area contributed by atoms with Crippen molar-refractivity contribution in [2.24, 2.45) is 5.41 Å². The molecule has 2 heterocycles. The van der Waals surface area contributed by atoms with Gasteiger partial charge in [-0.1, -0.05) is 51.1 Å². The molecule has 0 saturated carbocycles. The van der Waals surface area contributed by atoms with Crippen LogP contribution in [0.4, 0.5) is 5.69 Å². The van der Waals surface area contributed by atoms with Crippen molar-refractivity contribution in [2.75, 3.05) is 5.32 Å². The summed E-state index contributed by atoms with van der Waals surface area (Å²) in [5, 5.41) is 16.6. The first-order valence-electron chi connectivity index (χ1n) is 10.9. The number of hydrogen-bond donors (Lipinski definition) is 2. The Bertz CT molecular complexity index is 1430. The number of benzene rings is 2. The lowest BCUT2D eigenvalue weighted by molar-refractivity contribution is -0.131. The number of aromatic nitrogens is 3. The summed E-state index contributed by atoms with van der Waals surface area (Å²) < 4.78 is 1.72. The van der Waals surface area contributed by atoms with E-state index in [0.29, 0.717) is 5.65 Å². The summed E-state index contributed by atoms with van der Waals surface area (Å²) in [7, 11) is 0. The summed E-state index contributed by atoms with van der Waals surface area (Å²) in [6.07, 6.45) is 4.51. The van der Waals surface area contributed by atoms with Gasteiger partial charge in [-0.25, -0.2) is 14.3 Å². The average molecular weight is 455 g/mol. The second kappa shape index (κ2) is 8.94. The molecule has 4 rings (SSSR count). The van der Waals surface area contributed by atoms with Gasteiger partial charge in [0.05, 0.1) is 17.6 Å². The largest absolute Gasteiger partial charge is 0.478 e. The van der Waals surface area contributed by atoms with E-state index >= 15 is 0 Å². The van der Waals surface area contributed by atoms with Gasteiger partial charge in [0.2, 0.25) is 5.91 Å². The van der Waals surface area contributed by atoms with Gasteiger partial charge in [0.25, 0.3) is 0 Å². The molecule has 34 heavy (non-hydrogen) atoms. The minimum atomic E-state index is -0.992. The van der Waals surface area contributed by atoms with Crippen molar-refractivity contribution in [1.29, 1.82) is 0 Å². The number of anilines is 1. The van der Waals surface area contributed by atoms with Crippen molar-refractivity contribution in [3.8, 4) is 22.5 Å². The number of aryl methyl sites for hydroxylation is 1. The first kappa shape index (κ1) is 22.9. The maximum Gasteiger partial charge on any atom is 0.328 e. The molecule has 0 aliphatic rings. The van der Waals surface area contributed by atoms with E-state index in [0.717, 1.165) is 45.4 Å². The molecule has 7 nitrogen and oxygen atoms in total. The Balaban J connectivity index is 1.66. The second-order valence-corrected chi connectivity index (χ2v) is 9.18. The zero-order valence-corrected chi connectivity index (χ0v) is 19.5. The highest BCUT2D eigenvalue weighted by molar-refractivity contribution is 5.95. The van der Waals surface area contributed by atoms with Crippen LogP contribution in [0.15, 0.2) is 66.9 Å². The van der Waals surface area contributed by atoms with Gasteiger partial charge in [-0.3, -0.25) is 4.79 Å². The van der Waals surface area contributed by atoms with Gasteiger partial charge in [0.1, 0.15) is 0 Å². The molecule has 2 aromatic heterocycles. The fourth-order valence-electron chi connectivity index (χ4n) is 3.37. The van der Waals surface area contributed by atoms with Crippen LogP contribution >= 0.6 is 0 Å². The summed E-state index contributed by atoms with van der Waals surface area (Å²) in [5.41, 5.74) is 5.94. The molecule has 0 bridgehead atoms. The Morgan fingerprint density at radius 3 is 2.50 bits per heavy atom. The zero-order chi connectivity index (χ0) is 24.5. The lowest BCUT2D eigenvalue weighted by Gasteiger charge is -2.19. The minimum Gasteiger partial charge on any atom is -0.478 e. The van der Waals surface area contributed by atoms with Gasteiger partial charge >= 0.3 is 5.97 Å². The van der Waals surface area contributed by atoms with Gasteiger partial charge in [-0.05, 0) is 48.4 Å². The number of fused-ring (bicyclic) bond motifs is 1. The monoisotopic (exact) mass is 454 g/mol. The molecule has 0 unspecified atom stereocenters.